The van der Waals surface area contributed by atoms with Crippen molar-refractivity contribution >= 4 is 33.6 Å². The van der Waals surface area contributed by atoms with Gasteiger partial charge in [0.15, 0.2) is 5.82 Å². The molecule has 3 rings (SSSR count). The number of nitrogens with one attached hydrogen (secondary N) is 1. The molecule has 0 atom stereocenters. The van der Waals surface area contributed by atoms with E-state index in [-0.39, 0.29) is 0 Å². The molecule has 0 spiro atoms. The average Bonchev–Trinajstić information content (AvgIpc) is 2.98. The summed E-state index contributed by atoms with van der Waals surface area (Å²) >= 11 is 1.71. The Hall–Kier alpha value is -2.38. The van der Waals surface area contributed by atoms with Gasteiger partial charge in [0.2, 0.25) is 0 Å². The van der Waals surface area contributed by atoms with Crippen LogP contribution in [0.1, 0.15) is 29.6 Å². The van der Waals surface area contributed by atoms with Crippen LogP contribution >= 0.6 is 11.3 Å². The van der Waals surface area contributed by atoms with Crippen molar-refractivity contribution in [1.82, 2.24) is 19.9 Å². The number of rotatable bonds is 7. The number of hydrazone groups is 1. The summed E-state index contributed by atoms with van der Waals surface area (Å²) in [7, 11) is 4.05. The fraction of sp³-hybridized carbons (Fsp3) is 0.333. The lowest BCUT2D eigenvalue weighted by Crippen LogP contribution is -2.12. The third kappa shape index (κ3) is 4.58. The van der Waals surface area contributed by atoms with E-state index in [9.17, 15) is 0 Å². The van der Waals surface area contributed by atoms with Crippen LogP contribution in [-0.2, 0) is 13.0 Å². The Balaban J connectivity index is 1.75. The molecule has 0 saturated heterocycles. The molecule has 0 fully saturated rings. The normalized spacial score (nSPS) is 11.7. The summed E-state index contributed by atoms with van der Waals surface area (Å²) in [6, 6.07) is 8.09. The van der Waals surface area contributed by atoms with Gasteiger partial charge >= 0.3 is 0 Å². The van der Waals surface area contributed by atoms with Gasteiger partial charge in [-0.15, -0.1) is 11.3 Å². The summed E-state index contributed by atoms with van der Waals surface area (Å²) in [6.45, 7) is 2.98. The molecule has 3 aromatic heterocycles. The number of pyridine rings is 1. The third-order valence-corrected chi connectivity index (χ3v) is 4.65. The molecule has 0 radical (unpaired) electrons. The second-order valence-electron chi connectivity index (χ2n) is 6.07. The summed E-state index contributed by atoms with van der Waals surface area (Å²) < 4.78 is 0. The van der Waals surface area contributed by atoms with Crippen LogP contribution in [0.3, 0.4) is 0 Å². The molecule has 7 heteroatoms. The fourth-order valence-corrected chi connectivity index (χ4v) is 3.60. The summed E-state index contributed by atoms with van der Waals surface area (Å²) in [4.78, 5) is 17.6. The summed E-state index contributed by atoms with van der Waals surface area (Å²) in [5, 5.41) is 5.32. The Labute approximate surface area is 151 Å². The molecule has 0 aromatic carbocycles. The molecule has 0 unspecified atom stereocenters. The molecule has 0 amide bonds. The maximum atomic E-state index is 4.57. The van der Waals surface area contributed by atoms with Gasteiger partial charge in [-0.25, -0.2) is 9.97 Å². The van der Waals surface area contributed by atoms with Crippen LogP contribution in [0.15, 0.2) is 35.7 Å². The number of aromatic nitrogens is 3. The van der Waals surface area contributed by atoms with Crippen molar-refractivity contribution in [3.63, 3.8) is 0 Å². The number of nitrogens with zero attached hydrogens (tertiary/aromatic N) is 5. The molecule has 1 N–H and O–H groups in total. The lowest BCUT2D eigenvalue weighted by Gasteiger charge is -2.08. The van der Waals surface area contributed by atoms with E-state index >= 15 is 0 Å². The van der Waals surface area contributed by atoms with Crippen molar-refractivity contribution in [3.8, 4) is 0 Å². The lowest BCUT2D eigenvalue weighted by atomic mass is 10.2. The predicted molar refractivity (Wildman–Crippen MR) is 104 cm³/mol. The molecule has 0 aliphatic heterocycles. The van der Waals surface area contributed by atoms with Crippen LogP contribution in [0.25, 0.3) is 10.2 Å². The van der Waals surface area contributed by atoms with Gasteiger partial charge in [-0.05, 0) is 38.7 Å². The molecular formula is C18H22N6S. The van der Waals surface area contributed by atoms with Gasteiger partial charge in [0.25, 0.3) is 0 Å². The topological polar surface area (TPSA) is 66.3 Å². The zero-order chi connectivity index (χ0) is 17.6. The highest BCUT2D eigenvalue weighted by atomic mass is 32.1. The van der Waals surface area contributed by atoms with Gasteiger partial charge in [-0.2, -0.15) is 5.10 Å². The zero-order valence-corrected chi connectivity index (χ0v) is 15.5. The van der Waals surface area contributed by atoms with Crippen LogP contribution < -0.4 is 5.43 Å². The van der Waals surface area contributed by atoms with Crippen LogP contribution in [0.5, 0.6) is 0 Å². The Bertz CT molecular complexity index is 871. The minimum Gasteiger partial charge on any atom is -0.304 e. The smallest absolute Gasteiger partial charge is 0.158 e. The number of anilines is 1. The second kappa shape index (κ2) is 8.13. The first-order valence-electron chi connectivity index (χ1n) is 8.29. The van der Waals surface area contributed by atoms with E-state index < -0.39 is 0 Å². The summed E-state index contributed by atoms with van der Waals surface area (Å²) in [6.07, 6.45) is 5.47. The van der Waals surface area contributed by atoms with E-state index in [4.69, 9.17) is 0 Å². The predicted octanol–water partition coefficient (Wildman–Crippen LogP) is 3.55. The molecule has 0 aliphatic rings. The van der Waals surface area contributed by atoms with Gasteiger partial charge in [0, 0.05) is 11.4 Å². The molecular weight excluding hydrogens is 332 g/mol. The molecule has 25 heavy (non-hydrogen) atoms. The minimum absolute atomic E-state index is 0.726. The lowest BCUT2D eigenvalue weighted by molar-refractivity contribution is 0.397. The Morgan fingerprint density at radius 3 is 2.96 bits per heavy atom. The Morgan fingerprint density at radius 1 is 1.28 bits per heavy atom. The molecule has 3 heterocycles. The fourth-order valence-electron chi connectivity index (χ4n) is 2.51. The van der Waals surface area contributed by atoms with Crippen molar-refractivity contribution < 1.29 is 0 Å². The zero-order valence-electron chi connectivity index (χ0n) is 14.7. The monoisotopic (exact) mass is 354 g/mol. The van der Waals surface area contributed by atoms with Crippen LogP contribution in [0.2, 0.25) is 0 Å². The van der Waals surface area contributed by atoms with Crippen molar-refractivity contribution in [1.29, 1.82) is 0 Å². The van der Waals surface area contributed by atoms with Crippen molar-refractivity contribution in [2.45, 2.75) is 26.3 Å². The number of aryl methyl sites for hydroxylation is 1. The standard InChI is InChI=1S/C18H22N6S/c1-4-6-15-9-16-17(19-12-20-18(16)25-15)23-21-10-13-7-5-8-14(22-13)11-24(2)3/h5,7-10,12H,4,6,11H2,1-3H3,(H,19,20,23). The van der Waals surface area contributed by atoms with E-state index in [0.717, 1.165) is 46.8 Å². The van der Waals surface area contributed by atoms with E-state index in [2.05, 4.69) is 43.4 Å². The molecule has 0 aliphatic carbocycles. The third-order valence-electron chi connectivity index (χ3n) is 3.55. The van der Waals surface area contributed by atoms with E-state index in [1.54, 1.807) is 23.9 Å². The van der Waals surface area contributed by atoms with Gasteiger partial charge in [-0.1, -0.05) is 19.4 Å². The highest BCUT2D eigenvalue weighted by Crippen LogP contribution is 2.28. The molecule has 0 bridgehead atoms. The number of fused-ring (bicyclic) bond motifs is 1. The quantitative estimate of drug-likeness (QED) is 0.519. The van der Waals surface area contributed by atoms with E-state index in [1.807, 2.05) is 32.3 Å². The largest absolute Gasteiger partial charge is 0.304 e. The molecule has 0 saturated carbocycles. The van der Waals surface area contributed by atoms with Gasteiger partial charge in [-0.3, -0.25) is 10.4 Å². The van der Waals surface area contributed by atoms with Crippen LogP contribution in [0.4, 0.5) is 5.82 Å². The highest BCUT2D eigenvalue weighted by molar-refractivity contribution is 7.18. The molecule has 6 nitrogen and oxygen atoms in total. The maximum absolute atomic E-state index is 4.57. The van der Waals surface area contributed by atoms with Gasteiger partial charge < -0.3 is 4.90 Å². The number of thiophene rings is 1. The maximum Gasteiger partial charge on any atom is 0.158 e. The van der Waals surface area contributed by atoms with Crippen molar-refractivity contribution in [2.75, 3.05) is 19.5 Å². The van der Waals surface area contributed by atoms with Crippen LogP contribution in [0, 0.1) is 0 Å². The molecule has 3 aromatic rings. The first-order chi connectivity index (χ1) is 12.2. The van der Waals surface area contributed by atoms with Crippen molar-refractivity contribution in [3.05, 3.63) is 46.9 Å². The Morgan fingerprint density at radius 2 is 2.16 bits per heavy atom. The highest BCUT2D eigenvalue weighted by Gasteiger charge is 2.07. The van der Waals surface area contributed by atoms with Crippen LogP contribution in [-0.4, -0.2) is 40.2 Å². The Kier molecular flexibility index (Phi) is 5.67. The van der Waals surface area contributed by atoms with Gasteiger partial charge in [0.05, 0.1) is 23.0 Å². The second-order valence-corrected chi connectivity index (χ2v) is 7.18. The average molecular weight is 354 g/mol. The van der Waals surface area contributed by atoms with E-state index in [1.165, 1.54) is 4.88 Å². The summed E-state index contributed by atoms with van der Waals surface area (Å²) in [5.41, 5.74) is 4.85. The van der Waals surface area contributed by atoms with Crippen molar-refractivity contribution in [2.24, 2.45) is 5.10 Å². The SMILES string of the molecule is CCCc1cc2c(NN=Cc3cccc(CN(C)C)n3)ncnc2s1. The van der Waals surface area contributed by atoms with Gasteiger partial charge in [0.1, 0.15) is 11.2 Å². The number of hydrogen-bond acceptors (Lipinski definition) is 7. The minimum atomic E-state index is 0.726. The molecule has 130 valence electrons. The first kappa shape index (κ1) is 17.4. The summed E-state index contributed by atoms with van der Waals surface area (Å²) in [5.74, 6) is 0.726. The van der Waals surface area contributed by atoms with E-state index in [0.29, 0.717) is 0 Å². The number of hydrogen-bond donors (Lipinski definition) is 1. The first-order valence-corrected chi connectivity index (χ1v) is 9.10.